The van der Waals surface area contributed by atoms with Crippen LogP contribution >= 0.6 is 0 Å². The first-order valence-electron chi connectivity index (χ1n) is 7.08. The zero-order valence-electron chi connectivity index (χ0n) is 12.7. The van der Waals surface area contributed by atoms with E-state index in [9.17, 15) is 5.11 Å². The standard InChI is InChI=1S/C15H25NO5/c1-3-20-15-8-12(9-16-6-7-19-2)4-5-14(15)21-11-13(18)10-17/h4-5,8,13,16-18H,3,6-7,9-11H2,1-2H3. The van der Waals surface area contributed by atoms with Gasteiger partial charge in [0.25, 0.3) is 0 Å². The van der Waals surface area contributed by atoms with Gasteiger partial charge in [-0.15, -0.1) is 0 Å². The molecule has 0 aromatic heterocycles. The molecule has 6 heteroatoms. The van der Waals surface area contributed by atoms with Crippen LogP contribution in [0.2, 0.25) is 0 Å². The molecule has 3 N–H and O–H groups in total. The minimum Gasteiger partial charge on any atom is -0.490 e. The van der Waals surface area contributed by atoms with E-state index in [0.717, 1.165) is 12.1 Å². The van der Waals surface area contributed by atoms with Gasteiger partial charge in [-0.25, -0.2) is 0 Å². The van der Waals surface area contributed by atoms with Crippen molar-refractivity contribution in [1.82, 2.24) is 5.32 Å². The van der Waals surface area contributed by atoms with Crippen molar-refractivity contribution < 1.29 is 24.4 Å². The maximum Gasteiger partial charge on any atom is 0.161 e. The lowest BCUT2D eigenvalue weighted by Gasteiger charge is -2.15. The largest absolute Gasteiger partial charge is 0.490 e. The summed E-state index contributed by atoms with van der Waals surface area (Å²) < 4.78 is 16.0. The highest BCUT2D eigenvalue weighted by Gasteiger charge is 2.09. The maximum absolute atomic E-state index is 9.32. The van der Waals surface area contributed by atoms with Gasteiger partial charge in [-0.2, -0.15) is 0 Å². The first-order chi connectivity index (χ1) is 10.2. The fourth-order valence-electron chi connectivity index (χ4n) is 1.70. The molecule has 0 bridgehead atoms. The van der Waals surface area contributed by atoms with Crippen LogP contribution in [0.15, 0.2) is 18.2 Å². The molecule has 0 spiro atoms. The van der Waals surface area contributed by atoms with E-state index in [0.29, 0.717) is 31.3 Å². The van der Waals surface area contributed by atoms with E-state index >= 15 is 0 Å². The SMILES string of the molecule is CCOc1cc(CNCCOC)ccc1OCC(O)CO. The molecular formula is C15H25NO5. The Balaban J connectivity index is 2.62. The minimum absolute atomic E-state index is 0.0298. The molecule has 0 radical (unpaired) electrons. The third kappa shape index (κ3) is 6.77. The quantitative estimate of drug-likeness (QED) is 0.518. The Labute approximate surface area is 125 Å². The van der Waals surface area contributed by atoms with Crippen LogP contribution in [0.1, 0.15) is 12.5 Å². The van der Waals surface area contributed by atoms with E-state index < -0.39 is 6.10 Å². The Morgan fingerprint density at radius 1 is 1.24 bits per heavy atom. The van der Waals surface area contributed by atoms with Gasteiger partial charge in [-0.1, -0.05) is 6.07 Å². The number of hydrogen-bond acceptors (Lipinski definition) is 6. The van der Waals surface area contributed by atoms with Crippen LogP contribution in [0.25, 0.3) is 0 Å². The van der Waals surface area contributed by atoms with Gasteiger partial charge < -0.3 is 29.7 Å². The number of nitrogens with one attached hydrogen (secondary N) is 1. The van der Waals surface area contributed by atoms with Crippen molar-refractivity contribution in [1.29, 1.82) is 0 Å². The molecule has 21 heavy (non-hydrogen) atoms. The predicted molar refractivity (Wildman–Crippen MR) is 79.8 cm³/mol. The third-order valence-corrected chi connectivity index (χ3v) is 2.76. The summed E-state index contributed by atoms with van der Waals surface area (Å²) in [5.41, 5.74) is 1.07. The lowest BCUT2D eigenvalue weighted by molar-refractivity contribution is 0.0525. The molecule has 6 nitrogen and oxygen atoms in total. The molecule has 0 saturated carbocycles. The minimum atomic E-state index is -0.894. The monoisotopic (exact) mass is 299 g/mol. The van der Waals surface area contributed by atoms with Crippen LogP contribution in [-0.4, -0.2) is 56.4 Å². The van der Waals surface area contributed by atoms with Crippen molar-refractivity contribution in [2.45, 2.75) is 19.6 Å². The van der Waals surface area contributed by atoms with E-state index in [2.05, 4.69) is 5.32 Å². The molecule has 0 amide bonds. The van der Waals surface area contributed by atoms with Crippen molar-refractivity contribution >= 4 is 0 Å². The number of methoxy groups -OCH3 is 1. The van der Waals surface area contributed by atoms with Crippen molar-refractivity contribution in [3.8, 4) is 11.5 Å². The van der Waals surface area contributed by atoms with E-state index in [-0.39, 0.29) is 13.2 Å². The fourth-order valence-corrected chi connectivity index (χ4v) is 1.70. The Hall–Kier alpha value is -1.34. The van der Waals surface area contributed by atoms with Gasteiger partial charge in [0.05, 0.1) is 19.8 Å². The van der Waals surface area contributed by atoms with Gasteiger partial charge in [-0.3, -0.25) is 0 Å². The van der Waals surface area contributed by atoms with Gasteiger partial charge in [0.1, 0.15) is 12.7 Å². The Kier molecular flexibility index (Phi) is 8.77. The highest BCUT2D eigenvalue weighted by Crippen LogP contribution is 2.28. The number of aliphatic hydroxyl groups excluding tert-OH is 2. The Bertz CT molecular complexity index is 400. The average molecular weight is 299 g/mol. The highest BCUT2D eigenvalue weighted by atomic mass is 16.5. The van der Waals surface area contributed by atoms with Crippen molar-refractivity contribution in [3.05, 3.63) is 23.8 Å². The molecular weight excluding hydrogens is 274 g/mol. The molecule has 0 fully saturated rings. The molecule has 1 aromatic rings. The number of rotatable bonds is 11. The van der Waals surface area contributed by atoms with Crippen LogP contribution in [0.3, 0.4) is 0 Å². The molecule has 1 atom stereocenters. The van der Waals surface area contributed by atoms with Crippen molar-refractivity contribution in [3.63, 3.8) is 0 Å². The molecule has 0 aliphatic rings. The summed E-state index contributed by atoms with van der Waals surface area (Å²) >= 11 is 0. The van der Waals surface area contributed by atoms with Gasteiger partial charge in [0, 0.05) is 20.2 Å². The lowest BCUT2D eigenvalue weighted by atomic mass is 10.2. The number of benzene rings is 1. The van der Waals surface area contributed by atoms with Crippen LogP contribution < -0.4 is 14.8 Å². The van der Waals surface area contributed by atoms with Crippen LogP contribution in [0.5, 0.6) is 11.5 Å². The molecule has 120 valence electrons. The summed E-state index contributed by atoms with van der Waals surface area (Å²) in [4.78, 5) is 0. The van der Waals surface area contributed by atoms with Gasteiger partial charge in [0.15, 0.2) is 11.5 Å². The molecule has 1 rings (SSSR count). The predicted octanol–water partition coefficient (Wildman–Crippen LogP) is 0.553. The molecule has 0 saturated heterocycles. The zero-order valence-corrected chi connectivity index (χ0v) is 12.7. The topological polar surface area (TPSA) is 80.2 Å². The van der Waals surface area contributed by atoms with Crippen molar-refractivity contribution in [2.75, 3.05) is 40.1 Å². The molecule has 0 aliphatic heterocycles. The number of aliphatic hydroxyl groups is 2. The molecule has 1 unspecified atom stereocenters. The van der Waals surface area contributed by atoms with E-state index in [4.69, 9.17) is 19.3 Å². The molecule has 0 heterocycles. The second-order valence-electron chi connectivity index (χ2n) is 4.53. The van der Waals surface area contributed by atoms with Crippen LogP contribution in [0, 0.1) is 0 Å². The summed E-state index contributed by atoms with van der Waals surface area (Å²) in [5, 5.41) is 21.4. The second kappa shape index (κ2) is 10.4. The summed E-state index contributed by atoms with van der Waals surface area (Å²) in [6.45, 7) is 4.28. The third-order valence-electron chi connectivity index (χ3n) is 2.76. The summed E-state index contributed by atoms with van der Waals surface area (Å²) in [5.74, 6) is 1.19. The van der Waals surface area contributed by atoms with E-state index in [1.165, 1.54) is 0 Å². The average Bonchev–Trinajstić information content (AvgIpc) is 2.50. The van der Waals surface area contributed by atoms with Crippen molar-refractivity contribution in [2.24, 2.45) is 0 Å². The van der Waals surface area contributed by atoms with E-state index in [1.54, 1.807) is 7.11 Å². The smallest absolute Gasteiger partial charge is 0.161 e. The van der Waals surface area contributed by atoms with Gasteiger partial charge in [0.2, 0.25) is 0 Å². The lowest BCUT2D eigenvalue weighted by Crippen LogP contribution is -2.21. The highest BCUT2D eigenvalue weighted by molar-refractivity contribution is 5.43. The molecule has 0 aliphatic carbocycles. The fraction of sp³-hybridized carbons (Fsp3) is 0.600. The van der Waals surface area contributed by atoms with E-state index in [1.807, 2.05) is 25.1 Å². The Morgan fingerprint density at radius 2 is 2.05 bits per heavy atom. The number of ether oxygens (including phenoxy) is 3. The summed E-state index contributed by atoms with van der Waals surface area (Å²) in [6.07, 6.45) is -0.894. The Morgan fingerprint density at radius 3 is 2.71 bits per heavy atom. The molecule has 1 aromatic carbocycles. The van der Waals surface area contributed by atoms with Crippen LogP contribution in [-0.2, 0) is 11.3 Å². The van der Waals surface area contributed by atoms with Crippen LogP contribution in [0.4, 0.5) is 0 Å². The summed E-state index contributed by atoms with van der Waals surface area (Å²) in [7, 11) is 1.67. The first-order valence-corrected chi connectivity index (χ1v) is 7.08. The van der Waals surface area contributed by atoms with Gasteiger partial charge in [-0.05, 0) is 24.6 Å². The zero-order chi connectivity index (χ0) is 15.5. The summed E-state index contributed by atoms with van der Waals surface area (Å²) in [6, 6.07) is 5.65. The second-order valence-corrected chi connectivity index (χ2v) is 4.53. The first kappa shape index (κ1) is 17.7. The van der Waals surface area contributed by atoms with Gasteiger partial charge >= 0.3 is 0 Å². The normalized spacial score (nSPS) is 12.2. The number of hydrogen-bond donors (Lipinski definition) is 3. The maximum atomic E-state index is 9.32.